The van der Waals surface area contributed by atoms with Crippen molar-refractivity contribution >= 4 is 39.3 Å². The van der Waals surface area contributed by atoms with Crippen LogP contribution in [0.3, 0.4) is 0 Å². The molecule has 0 saturated carbocycles. The Kier molecular flexibility index (Phi) is 7.71. The second-order valence-electron chi connectivity index (χ2n) is 7.00. The summed E-state index contributed by atoms with van der Waals surface area (Å²) in [5, 5.41) is 0.399. The lowest BCUT2D eigenvalue weighted by Crippen LogP contribution is -2.45. The van der Waals surface area contributed by atoms with Crippen molar-refractivity contribution in [2.45, 2.75) is 26.2 Å². The molecule has 2 rings (SSSR count). The van der Waals surface area contributed by atoms with E-state index in [-0.39, 0.29) is 18.6 Å². The molecular formula is C20H22BrClN2O4. The minimum absolute atomic E-state index is 0.00869. The predicted molar refractivity (Wildman–Crippen MR) is 112 cm³/mol. The van der Waals surface area contributed by atoms with Crippen molar-refractivity contribution in [1.29, 1.82) is 0 Å². The summed E-state index contributed by atoms with van der Waals surface area (Å²) in [6.07, 6.45) is 0. The van der Waals surface area contributed by atoms with Crippen molar-refractivity contribution in [1.82, 2.24) is 10.9 Å². The van der Waals surface area contributed by atoms with Gasteiger partial charge < -0.3 is 9.47 Å². The number of carbonyl (C=O) groups excluding carboxylic acids is 2. The number of carbonyl (C=O) groups is 2. The van der Waals surface area contributed by atoms with Gasteiger partial charge in [-0.25, -0.2) is 0 Å². The lowest BCUT2D eigenvalue weighted by atomic mass is 9.87. The molecule has 150 valence electrons. The van der Waals surface area contributed by atoms with Crippen LogP contribution in [0.1, 0.15) is 26.3 Å². The molecule has 0 atom stereocenters. The SMILES string of the molecule is CC(C)(C)c1ccc(OCC(=O)NNC(=O)COc2ccccc2Cl)c(Br)c1. The van der Waals surface area contributed by atoms with Crippen molar-refractivity contribution in [3.05, 3.63) is 57.5 Å². The van der Waals surface area contributed by atoms with Gasteiger partial charge in [-0.1, -0.05) is 50.6 Å². The summed E-state index contributed by atoms with van der Waals surface area (Å²) in [4.78, 5) is 23.6. The quantitative estimate of drug-likeness (QED) is 0.627. The molecule has 8 heteroatoms. The molecule has 0 saturated heterocycles. The Labute approximate surface area is 177 Å². The Hall–Kier alpha value is -2.25. The normalized spacial score (nSPS) is 10.9. The maximum absolute atomic E-state index is 11.9. The third kappa shape index (κ3) is 6.73. The number of amides is 2. The molecule has 0 aromatic heterocycles. The number of ether oxygens (including phenoxy) is 2. The molecule has 0 aliphatic carbocycles. The third-order valence-electron chi connectivity index (χ3n) is 3.69. The first kappa shape index (κ1) is 22.0. The second kappa shape index (κ2) is 9.80. The highest BCUT2D eigenvalue weighted by Gasteiger charge is 2.16. The van der Waals surface area contributed by atoms with Crippen molar-refractivity contribution < 1.29 is 19.1 Å². The van der Waals surface area contributed by atoms with Crippen LogP contribution in [-0.4, -0.2) is 25.0 Å². The van der Waals surface area contributed by atoms with E-state index in [0.29, 0.717) is 16.5 Å². The number of hydrogen-bond acceptors (Lipinski definition) is 4. The van der Waals surface area contributed by atoms with Crippen molar-refractivity contribution in [3.8, 4) is 11.5 Å². The van der Waals surface area contributed by atoms with E-state index in [9.17, 15) is 9.59 Å². The maximum atomic E-state index is 11.9. The fourth-order valence-electron chi connectivity index (χ4n) is 2.14. The Morgan fingerprint density at radius 3 is 2.07 bits per heavy atom. The van der Waals surface area contributed by atoms with Crippen LogP contribution in [0.25, 0.3) is 0 Å². The zero-order chi connectivity index (χ0) is 20.7. The summed E-state index contributed by atoms with van der Waals surface area (Å²) in [7, 11) is 0. The van der Waals surface area contributed by atoms with Crippen molar-refractivity contribution in [2.24, 2.45) is 0 Å². The summed E-state index contributed by atoms with van der Waals surface area (Å²) in [5.74, 6) is -0.101. The van der Waals surface area contributed by atoms with Crippen molar-refractivity contribution in [3.63, 3.8) is 0 Å². The highest BCUT2D eigenvalue weighted by atomic mass is 79.9. The van der Waals surface area contributed by atoms with E-state index in [2.05, 4.69) is 47.6 Å². The molecule has 0 unspecified atom stereocenters. The monoisotopic (exact) mass is 468 g/mol. The fourth-order valence-corrected chi connectivity index (χ4v) is 2.83. The first-order valence-electron chi connectivity index (χ1n) is 8.54. The minimum Gasteiger partial charge on any atom is -0.483 e. The Morgan fingerprint density at radius 1 is 0.964 bits per heavy atom. The van der Waals surface area contributed by atoms with Gasteiger partial charge in [-0.15, -0.1) is 0 Å². The second-order valence-corrected chi connectivity index (χ2v) is 8.26. The van der Waals surface area contributed by atoms with Gasteiger partial charge >= 0.3 is 0 Å². The van der Waals surface area contributed by atoms with Crippen LogP contribution in [-0.2, 0) is 15.0 Å². The standard InChI is InChI=1S/C20H22BrClN2O4/c1-20(2,3)13-8-9-16(14(21)10-13)27-11-18(25)23-24-19(26)12-28-17-7-5-4-6-15(17)22/h4-10H,11-12H2,1-3H3,(H,23,25)(H,24,26). The maximum Gasteiger partial charge on any atom is 0.276 e. The lowest BCUT2D eigenvalue weighted by molar-refractivity contribution is -0.131. The molecule has 6 nitrogen and oxygen atoms in total. The predicted octanol–water partition coefficient (Wildman–Crippen LogP) is 4.01. The Balaban J connectivity index is 1.75. The van der Waals surface area contributed by atoms with Crippen LogP contribution in [0.15, 0.2) is 46.9 Å². The number of hydrogen-bond donors (Lipinski definition) is 2. The highest BCUT2D eigenvalue weighted by molar-refractivity contribution is 9.10. The largest absolute Gasteiger partial charge is 0.483 e. The number of benzene rings is 2. The number of para-hydroxylation sites is 1. The van der Waals surface area contributed by atoms with Crippen LogP contribution in [0, 0.1) is 0 Å². The molecule has 2 amide bonds. The average molecular weight is 470 g/mol. The molecule has 0 heterocycles. The van der Waals surface area contributed by atoms with Crippen molar-refractivity contribution in [2.75, 3.05) is 13.2 Å². The molecule has 0 radical (unpaired) electrons. The Bertz CT molecular complexity index is 852. The molecule has 0 bridgehead atoms. The fraction of sp³-hybridized carbons (Fsp3) is 0.300. The zero-order valence-corrected chi connectivity index (χ0v) is 18.2. The van der Waals surface area contributed by atoms with Gasteiger partial charge in [0.2, 0.25) is 0 Å². The topological polar surface area (TPSA) is 76.7 Å². The van der Waals surface area contributed by atoms with Gasteiger partial charge in [0, 0.05) is 0 Å². The van der Waals surface area contributed by atoms with Crippen LogP contribution in [0.2, 0.25) is 5.02 Å². The first-order valence-corrected chi connectivity index (χ1v) is 9.72. The van der Waals surface area contributed by atoms with Gasteiger partial charge in [-0.05, 0) is 51.2 Å². The van der Waals surface area contributed by atoms with E-state index in [4.69, 9.17) is 21.1 Å². The molecule has 2 aromatic carbocycles. The van der Waals surface area contributed by atoms with E-state index in [0.717, 1.165) is 10.0 Å². The van der Waals surface area contributed by atoms with E-state index in [1.54, 1.807) is 30.3 Å². The van der Waals surface area contributed by atoms with Gasteiger partial charge in [-0.2, -0.15) is 0 Å². The average Bonchev–Trinajstić information content (AvgIpc) is 2.64. The van der Waals surface area contributed by atoms with Gasteiger partial charge in [-0.3, -0.25) is 20.4 Å². The van der Waals surface area contributed by atoms with E-state index in [1.807, 2.05) is 12.1 Å². The van der Waals surface area contributed by atoms with Crippen LogP contribution in [0.5, 0.6) is 11.5 Å². The molecule has 0 fully saturated rings. The first-order chi connectivity index (χ1) is 13.2. The lowest BCUT2D eigenvalue weighted by Gasteiger charge is -2.20. The van der Waals surface area contributed by atoms with E-state index < -0.39 is 11.8 Å². The molecule has 2 N–H and O–H groups in total. The molecular weight excluding hydrogens is 448 g/mol. The summed E-state index contributed by atoms with van der Waals surface area (Å²) in [6.45, 7) is 5.80. The van der Waals surface area contributed by atoms with Gasteiger partial charge in [0.25, 0.3) is 11.8 Å². The van der Waals surface area contributed by atoms with Gasteiger partial charge in [0.1, 0.15) is 11.5 Å². The van der Waals surface area contributed by atoms with Crippen LogP contribution in [0.4, 0.5) is 0 Å². The molecule has 0 spiro atoms. The van der Waals surface area contributed by atoms with E-state index in [1.165, 1.54) is 0 Å². The Morgan fingerprint density at radius 2 is 1.54 bits per heavy atom. The van der Waals surface area contributed by atoms with E-state index >= 15 is 0 Å². The summed E-state index contributed by atoms with van der Waals surface area (Å²) < 4.78 is 11.5. The minimum atomic E-state index is -0.524. The molecule has 28 heavy (non-hydrogen) atoms. The van der Waals surface area contributed by atoms with Gasteiger partial charge in [0.05, 0.1) is 9.50 Å². The van der Waals surface area contributed by atoms with Crippen LogP contribution < -0.4 is 20.3 Å². The zero-order valence-electron chi connectivity index (χ0n) is 15.8. The smallest absolute Gasteiger partial charge is 0.276 e. The third-order valence-corrected chi connectivity index (χ3v) is 4.63. The summed E-state index contributed by atoms with van der Waals surface area (Å²) in [5.41, 5.74) is 5.67. The molecule has 0 aliphatic heterocycles. The molecule has 0 aliphatic rings. The summed E-state index contributed by atoms with van der Waals surface area (Å²) in [6, 6.07) is 12.5. The summed E-state index contributed by atoms with van der Waals surface area (Å²) >= 11 is 9.38. The highest BCUT2D eigenvalue weighted by Crippen LogP contribution is 2.31. The molecule has 2 aromatic rings. The number of halogens is 2. The number of rotatable bonds is 6. The number of nitrogens with one attached hydrogen (secondary N) is 2. The van der Waals surface area contributed by atoms with Gasteiger partial charge in [0.15, 0.2) is 13.2 Å². The van der Waals surface area contributed by atoms with Crippen LogP contribution >= 0.6 is 27.5 Å². The number of hydrazine groups is 1.